The van der Waals surface area contributed by atoms with Crippen molar-refractivity contribution >= 4 is 22.2 Å². The first-order valence-electron chi connectivity index (χ1n) is 6.16. The largest absolute Gasteiger partial charge is 0.264 e. The molecule has 1 heterocycles. The molecule has 0 atom stereocenters. The zero-order valence-electron chi connectivity index (χ0n) is 10.7. The summed E-state index contributed by atoms with van der Waals surface area (Å²) in [6, 6.07) is 6.34. The molecule has 1 aromatic carbocycles. The number of aryl methyl sites for hydroxylation is 1. The van der Waals surface area contributed by atoms with E-state index in [2.05, 4.69) is 44.0 Å². The van der Waals surface area contributed by atoms with Gasteiger partial charge in [0.2, 0.25) is 0 Å². The molecule has 0 aliphatic carbocycles. The van der Waals surface area contributed by atoms with Crippen LogP contribution in [0.4, 0.5) is 5.69 Å². The van der Waals surface area contributed by atoms with E-state index in [1.165, 1.54) is 16.7 Å². The predicted octanol–water partition coefficient (Wildman–Crippen LogP) is 4.30. The maximum Gasteiger partial charge on any atom is 0.0740 e. The predicted molar refractivity (Wildman–Crippen MR) is 74.2 cm³/mol. The molecule has 2 heteroatoms. The van der Waals surface area contributed by atoms with E-state index in [1.54, 1.807) is 0 Å². The van der Waals surface area contributed by atoms with E-state index >= 15 is 0 Å². The number of aromatic nitrogens is 1. The number of aliphatic imine (C=N–C) groups is 1. The van der Waals surface area contributed by atoms with Crippen LogP contribution in [0.3, 0.4) is 0 Å². The number of hydrogen-bond donors (Lipinski definition) is 0. The summed E-state index contributed by atoms with van der Waals surface area (Å²) in [6.45, 7) is 6.39. The minimum absolute atomic E-state index is 0.991. The Labute approximate surface area is 102 Å². The van der Waals surface area contributed by atoms with Crippen molar-refractivity contribution in [1.82, 2.24) is 4.98 Å². The summed E-state index contributed by atoms with van der Waals surface area (Å²) >= 11 is 0. The molecule has 0 saturated carbocycles. The minimum atomic E-state index is 0.991. The molecular formula is C15H18N2. The molecule has 0 bridgehead atoms. The molecule has 0 spiro atoms. The topological polar surface area (TPSA) is 25.2 Å². The van der Waals surface area contributed by atoms with E-state index in [4.69, 9.17) is 4.99 Å². The Bertz CT molecular complexity index is 556. The molecule has 0 saturated heterocycles. The number of pyridine rings is 1. The second-order valence-electron chi connectivity index (χ2n) is 4.22. The lowest BCUT2D eigenvalue weighted by Crippen LogP contribution is -1.90. The number of fused-ring (bicyclic) bond motifs is 1. The third-order valence-corrected chi connectivity index (χ3v) is 3.07. The molecule has 0 fully saturated rings. The summed E-state index contributed by atoms with van der Waals surface area (Å²) in [6.07, 6.45) is 5.73. The van der Waals surface area contributed by atoms with Crippen molar-refractivity contribution in [2.45, 2.75) is 33.6 Å². The first kappa shape index (κ1) is 11.8. The van der Waals surface area contributed by atoms with Gasteiger partial charge in [-0.25, -0.2) is 0 Å². The minimum Gasteiger partial charge on any atom is -0.264 e. The summed E-state index contributed by atoms with van der Waals surface area (Å²) in [5, 5.41) is 2.36. The molecule has 2 aromatic rings. The van der Waals surface area contributed by atoms with Crippen LogP contribution in [-0.4, -0.2) is 10.7 Å². The van der Waals surface area contributed by atoms with Crippen LogP contribution >= 0.6 is 0 Å². The van der Waals surface area contributed by atoms with Crippen molar-refractivity contribution in [2.24, 2.45) is 4.99 Å². The lowest BCUT2D eigenvalue weighted by Gasteiger charge is -2.08. The highest BCUT2D eigenvalue weighted by atomic mass is 14.8. The SMILES string of the molecule is CC/C(C)=N\c1c(CC)ccc2cnccc12. The summed E-state index contributed by atoms with van der Waals surface area (Å²) in [4.78, 5) is 8.93. The summed E-state index contributed by atoms with van der Waals surface area (Å²) in [5.74, 6) is 0. The molecule has 1 aromatic heterocycles. The average Bonchev–Trinajstić information content (AvgIpc) is 2.39. The Morgan fingerprint density at radius 1 is 1.24 bits per heavy atom. The van der Waals surface area contributed by atoms with Crippen molar-refractivity contribution in [1.29, 1.82) is 0 Å². The molecule has 88 valence electrons. The van der Waals surface area contributed by atoms with Gasteiger partial charge in [-0.2, -0.15) is 0 Å². The fourth-order valence-electron chi connectivity index (χ4n) is 1.88. The molecule has 0 aliphatic rings. The third-order valence-electron chi connectivity index (χ3n) is 3.07. The Balaban J connectivity index is 2.71. The Hall–Kier alpha value is -1.70. The van der Waals surface area contributed by atoms with Crippen molar-refractivity contribution in [2.75, 3.05) is 0 Å². The van der Waals surface area contributed by atoms with Crippen LogP contribution in [0.25, 0.3) is 10.8 Å². The lowest BCUT2D eigenvalue weighted by molar-refractivity contribution is 1.13. The molecule has 2 rings (SSSR count). The average molecular weight is 226 g/mol. The quantitative estimate of drug-likeness (QED) is 0.716. The van der Waals surface area contributed by atoms with Crippen LogP contribution in [0.1, 0.15) is 32.8 Å². The van der Waals surface area contributed by atoms with Crippen LogP contribution in [0.5, 0.6) is 0 Å². The zero-order chi connectivity index (χ0) is 12.3. The van der Waals surface area contributed by atoms with Gasteiger partial charge < -0.3 is 0 Å². The summed E-state index contributed by atoms with van der Waals surface area (Å²) in [7, 11) is 0. The van der Waals surface area contributed by atoms with E-state index in [0.717, 1.165) is 23.9 Å². The molecule has 0 radical (unpaired) electrons. The molecule has 2 nitrogen and oxygen atoms in total. The Morgan fingerprint density at radius 3 is 2.76 bits per heavy atom. The van der Waals surface area contributed by atoms with E-state index in [-0.39, 0.29) is 0 Å². The van der Waals surface area contributed by atoms with Gasteiger partial charge >= 0.3 is 0 Å². The highest BCUT2D eigenvalue weighted by Crippen LogP contribution is 2.30. The standard InChI is InChI=1S/C15H18N2/c1-4-11(3)17-15-12(5-2)6-7-13-10-16-9-8-14(13)15/h6-10H,4-5H2,1-3H3/b17-11-. The van der Waals surface area contributed by atoms with Crippen LogP contribution in [0.15, 0.2) is 35.6 Å². The Morgan fingerprint density at radius 2 is 2.06 bits per heavy atom. The molecule has 0 amide bonds. The van der Waals surface area contributed by atoms with Gasteiger partial charge in [-0.1, -0.05) is 26.0 Å². The first-order chi connectivity index (χ1) is 8.26. The van der Waals surface area contributed by atoms with Crippen LogP contribution < -0.4 is 0 Å². The van der Waals surface area contributed by atoms with Crippen molar-refractivity contribution in [3.8, 4) is 0 Å². The highest BCUT2D eigenvalue weighted by Gasteiger charge is 2.05. The third kappa shape index (κ3) is 2.36. The highest BCUT2D eigenvalue weighted by molar-refractivity contribution is 5.97. The van der Waals surface area contributed by atoms with Crippen molar-refractivity contribution < 1.29 is 0 Å². The number of nitrogens with zero attached hydrogens (tertiary/aromatic N) is 2. The summed E-state index contributed by atoms with van der Waals surface area (Å²) < 4.78 is 0. The van der Waals surface area contributed by atoms with Crippen LogP contribution in [0.2, 0.25) is 0 Å². The second kappa shape index (κ2) is 5.09. The van der Waals surface area contributed by atoms with E-state index in [1.807, 2.05) is 12.4 Å². The van der Waals surface area contributed by atoms with Crippen LogP contribution in [0, 0.1) is 0 Å². The fraction of sp³-hybridized carbons (Fsp3) is 0.333. The molecular weight excluding hydrogens is 208 g/mol. The maximum atomic E-state index is 4.77. The fourth-order valence-corrected chi connectivity index (χ4v) is 1.88. The lowest BCUT2D eigenvalue weighted by atomic mass is 10.0. The Kier molecular flexibility index (Phi) is 3.52. The molecule has 17 heavy (non-hydrogen) atoms. The van der Waals surface area contributed by atoms with E-state index in [0.29, 0.717) is 0 Å². The molecule has 0 N–H and O–H groups in total. The van der Waals surface area contributed by atoms with Gasteiger partial charge in [0.05, 0.1) is 5.69 Å². The maximum absolute atomic E-state index is 4.77. The number of benzene rings is 1. The molecule has 0 aliphatic heterocycles. The van der Waals surface area contributed by atoms with Gasteiger partial charge in [0.1, 0.15) is 0 Å². The monoisotopic (exact) mass is 226 g/mol. The van der Waals surface area contributed by atoms with E-state index in [9.17, 15) is 0 Å². The second-order valence-corrected chi connectivity index (χ2v) is 4.22. The zero-order valence-corrected chi connectivity index (χ0v) is 10.7. The molecule has 0 unspecified atom stereocenters. The number of hydrogen-bond acceptors (Lipinski definition) is 2. The van der Waals surface area contributed by atoms with Crippen molar-refractivity contribution in [3.05, 3.63) is 36.2 Å². The van der Waals surface area contributed by atoms with Gasteiger partial charge in [0.25, 0.3) is 0 Å². The summed E-state index contributed by atoms with van der Waals surface area (Å²) in [5.41, 5.74) is 3.59. The van der Waals surface area contributed by atoms with Gasteiger partial charge in [0, 0.05) is 28.9 Å². The number of rotatable bonds is 3. The van der Waals surface area contributed by atoms with Gasteiger partial charge in [0.15, 0.2) is 0 Å². The normalized spacial score (nSPS) is 12.1. The van der Waals surface area contributed by atoms with Gasteiger partial charge in [-0.05, 0) is 31.4 Å². The van der Waals surface area contributed by atoms with Crippen molar-refractivity contribution in [3.63, 3.8) is 0 Å². The first-order valence-corrected chi connectivity index (χ1v) is 6.16. The van der Waals surface area contributed by atoms with Gasteiger partial charge in [-0.3, -0.25) is 9.98 Å². The van der Waals surface area contributed by atoms with E-state index < -0.39 is 0 Å². The van der Waals surface area contributed by atoms with Crippen LogP contribution in [-0.2, 0) is 6.42 Å². The van der Waals surface area contributed by atoms with Gasteiger partial charge in [-0.15, -0.1) is 0 Å². The smallest absolute Gasteiger partial charge is 0.0740 e.